The first-order valence-electron chi connectivity index (χ1n) is 7.68. The molecule has 2 atom stereocenters. The maximum Gasteiger partial charge on any atom is 0.418 e. The molecule has 11 heteroatoms. The number of esters is 1. The Balaban J connectivity index is 1.57. The van der Waals surface area contributed by atoms with Crippen LogP contribution in [0.15, 0.2) is 24.4 Å². The van der Waals surface area contributed by atoms with Gasteiger partial charge in [0.25, 0.3) is 0 Å². The zero-order valence-electron chi connectivity index (χ0n) is 13.1. The summed E-state index contributed by atoms with van der Waals surface area (Å²) in [5, 5.41) is 0.594. The number of hydrogen-bond donors (Lipinski definition) is 1. The topological polar surface area (TPSA) is 126 Å². The van der Waals surface area contributed by atoms with Crippen LogP contribution in [0, 0.1) is 0 Å². The summed E-state index contributed by atoms with van der Waals surface area (Å²) in [7, 11) is -4.81. The molecule has 0 saturated carbocycles. The van der Waals surface area contributed by atoms with Crippen LogP contribution in [0.4, 0.5) is 4.79 Å². The lowest BCUT2D eigenvalue weighted by Gasteiger charge is -2.28. The number of fused-ring (bicyclic) bond motifs is 2. The molecule has 0 aromatic carbocycles. The number of carbonyl (C=O) groups is 2. The van der Waals surface area contributed by atoms with E-state index in [9.17, 15) is 18.0 Å². The molecule has 2 bridgehead atoms. The number of amides is 2. The number of aromatic nitrogens is 1. The summed E-state index contributed by atoms with van der Waals surface area (Å²) in [5.74, 6) is -0.559. The molecule has 2 saturated heterocycles. The zero-order chi connectivity index (χ0) is 18.0. The Labute approximate surface area is 144 Å². The molecule has 2 aliphatic heterocycles. The van der Waals surface area contributed by atoms with E-state index in [-0.39, 0.29) is 13.2 Å². The lowest BCUT2D eigenvalue weighted by atomic mass is 10.0. The molecule has 1 unspecified atom stereocenters. The second-order valence-electron chi connectivity index (χ2n) is 5.75. The highest BCUT2D eigenvalue weighted by molar-refractivity contribution is 7.80. The van der Waals surface area contributed by atoms with Gasteiger partial charge in [-0.15, -0.1) is 4.28 Å². The molecule has 1 aromatic heterocycles. The Morgan fingerprint density at radius 3 is 2.84 bits per heavy atom. The van der Waals surface area contributed by atoms with Gasteiger partial charge in [0, 0.05) is 24.9 Å². The van der Waals surface area contributed by atoms with Crippen LogP contribution in [0.1, 0.15) is 18.5 Å². The highest BCUT2D eigenvalue weighted by atomic mass is 32.3. The van der Waals surface area contributed by atoms with Crippen LogP contribution in [0.2, 0.25) is 0 Å². The first kappa shape index (κ1) is 17.6. The van der Waals surface area contributed by atoms with Crippen molar-refractivity contribution in [3.8, 4) is 0 Å². The molecule has 2 fully saturated rings. The van der Waals surface area contributed by atoms with Crippen LogP contribution >= 0.6 is 0 Å². The van der Waals surface area contributed by atoms with Gasteiger partial charge in [-0.1, -0.05) is 6.07 Å². The quantitative estimate of drug-likeness (QED) is 0.554. The van der Waals surface area contributed by atoms with Crippen LogP contribution in [-0.4, -0.2) is 65.2 Å². The van der Waals surface area contributed by atoms with E-state index in [1.165, 1.54) is 4.90 Å². The number of ether oxygens (including phenoxy) is 1. The summed E-state index contributed by atoms with van der Waals surface area (Å²) in [4.78, 5) is 29.8. The number of piperidine rings is 1. The third-order valence-electron chi connectivity index (χ3n) is 4.10. The number of hydrogen-bond acceptors (Lipinski definition) is 7. The Bertz CT molecular complexity index is 755. The molecule has 3 heterocycles. The molecule has 3 rings (SSSR count). The summed E-state index contributed by atoms with van der Waals surface area (Å²) in [6.07, 6.45) is 2.78. The molecule has 0 aliphatic carbocycles. The number of hydroxylamine groups is 2. The molecular formula is C14H17N3O7S. The van der Waals surface area contributed by atoms with Gasteiger partial charge in [-0.3, -0.25) is 9.54 Å². The van der Waals surface area contributed by atoms with Crippen molar-refractivity contribution in [1.29, 1.82) is 0 Å². The fourth-order valence-electron chi connectivity index (χ4n) is 2.97. The molecule has 0 radical (unpaired) electrons. The van der Waals surface area contributed by atoms with Gasteiger partial charge < -0.3 is 9.64 Å². The largest absolute Gasteiger partial charge is 0.464 e. The van der Waals surface area contributed by atoms with Crippen LogP contribution in [-0.2, 0) is 30.6 Å². The van der Waals surface area contributed by atoms with E-state index >= 15 is 0 Å². The van der Waals surface area contributed by atoms with Gasteiger partial charge in [0.05, 0.1) is 12.6 Å². The minimum atomic E-state index is -4.81. The summed E-state index contributed by atoms with van der Waals surface area (Å²) < 4.78 is 39.9. The van der Waals surface area contributed by atoms with Gasteiger partial charge >= 0.3 is 22.4 Å². The van der Waals surface area contributed by atoms with Gasteiger partial charge in [0.1, 0.15) is 6.04 Å². The maximum atomic E-state index is 12.3. The molecule has 136 valence electrons. The molecule has 2 aliphatic rings. The third-order valence-corrected chi connectivity index (χ3v) is 4.45. The lowest BCUT2D eigenvalue weighted by Crippen LogP contribution is -2.46. The minimum absolute atomic E-state index is 0.128. The molecule has 1 N–H and O–H groups in total. The predicted molar refractivity (Wildman–Crippen MR) is 82.3 cm³/mol. The number of rotatable bonds is 6. The van der Waals surface area contributed by atoms with E-state index < -0.39 is 34.5 Å². The molecule has 2 amide bonds. The van der Waals surface area contributed by atoms with Crippen LogP contribution in [0.3, 0.4) is 0 Å². The number of carbonyl (C=O) groups excluding carboxylic acids is 2. The Kier molecular flexibility index (Phi) is 4.88. The SMILES string of the molecule is O=C(OCCc1ccccn1)C1CC[C@@H]2CN1C(=O)N2OS(=O)(=O)O. The molecule has 1 aromatic rings. The van der Waals surface area contributed by atoms with Crippen molar-refractivity contribution in [2.75, 3.05) is 13.2 Å². The highest BCUT2D eigenvalue weighted by Crippen LogP contribution is 2.31. The molecule has 0 spiro atoms. The lowest BCUT2D eigenvalue weighted by molar-refractivity contribution is -0.149. The fraction of sp³-hybridized carbons (Fsp3) is 0.500. The second-order valence-corrected chi connectivity index (χ2v) is 6.75. The Morgan fingerprint density at radius 1 is 1.36 bits per heavy atom. The van der Waals surface area contributed by atoms with E-state index in [4.69, 9.17) is 9.29 Å². The Hall–Kier alpha value is -2.24. The highest BCUT2D eigenvalue weighted by Gasteiger charge is 2.49. The first-order valence-corrected chi connectivity index (χ1v) is 9.05. The van der Waals surface area contributed by atoms with Crippen molar-refractivity contribution in [1.82, 2.24) is 14.9 Å². The van der Waals surface area contributed by atoms with E-state index in [1.807, 2.05) is 12.1 Å². The van der Waals surface area contributed by atoms with Crippen molar-refractivity contribution in [2.45, 2.75) is 31.3 Å². The summed E-state index contributed by atoms with van der Waals surface area (Å²) in [6.45, 7) is 0.261. The minimum Gasteiger partial charge on any atom is -0.464 e. The van der Waals surface area contributed by atoms with Crippen molar-refractivity contribution in [2.24, 2.45) is 0 Å². The van der Waals surface area contributed by atoms with E-state index in [1.54, 1.807) is 12.3 Å². The van der Waals surface area contributed by atoms with Crippen molar-refractivity contribution in [3.05, 3.63) is 30.1 Å². The fourth-order valence-corrected chi connectivity index (χ4v) is 3.36. The average molecular weight is 371 g/mol. The Morgan fingerprint density at radius 2 is 2.16 bits per heavy atom. The zero-order valence-corrected chi connectivity index (χ0v) is 14.0. The van der Waals surface area contributed by atoms with Crippen LogP contribution < -0.4 is 0 Å². The maximum absolute atomic E-state index is 12.3. The van der Waals surface area contributed by atoms with Gasteiger partial charge in [0.15, 0.2) is 0 Å². The van der Waals surface area contributed by atoms with Gasteiger partial charge in [-0.05, 0) is 25.0 Å². The van der Waals surface area contributed by atoms with Gasteiger partial charge in [-0.2, -0.15) is 13.5 Å². The van der Waals surface area contributed by atoms with E-state index in [2.05, 4.69) is 9.27 Å². The van der Waals surface area contributed by atoms with Crippen molar-refractivity contribution in [3.63, 3.8) is 0 Å². The summed E-state index contributed by atoms with van der Waals surface area (Å²) >= 11 is 0. The average Bonchev–Trinajstić information content (AvgIpc) is 2.79. The van der Waals surface area contributed by atoms with Crippen molar-refractivity contribution >= 4 is 22.4 Å². The first-order chi connectivity index (χ1) is 11.8. The summed E-state index contributed by atoms with van der Waals surface area (Å²) in [6, 6.07) is 3.31. The van der Waals surface area contributed by atoms with Crippen molar-refractivity contribution < 1.29 is 31.6 Å². The standard InChI is InChI=1S/C14H17N3O7S/c18-13(23-8-6-10-3-1-2-7-15-10)12-5-4-11-9-16(12)14(19)17(11)24-25(20,21)22/h1-3,7,11-12H,4-6,8-9H2,(H,20,21,22)/t11-,12?/m1/s1. The molecular weight excluding hydrogens is 354 g/mol. The van der Waals surface area contributed by atoms with Crippen LogP contribution in [0.25, 0.3) is 0 Å². The monoisotopic (exact) mass is 371 g/mol. The normalized spacial score (nSPS) is 23.0. The number of pyridine rings is 1. The van der Waals surface area contributed by atoms with E-state index in [0.717, 1.165) is 5.69 Å². The summed E-state index contributed by atoms with van der Waals surface area (Å²) in [5.41, 5.74) is 0.781. The molecule has 10 nitrogen and oxygen atoms in total. The third kappa shape index (κ3) is 4.06. The number of urea groups is 1. The van der Waals surface area contributed by atoms with Crippen LogP contribution in [0.5, 0.6) is 0 Å². The molecule has 25 heavy (non-hydrogen) atoms. The van der Waals surface area contributed by atoms with Gasteiger partial charge in [0.2, 0.25) is 0 Å². The smallest absolute Gasteiger partial charge is 0.418 e. The second kappa shape index (κ2) is 6.94. The van der Waals surface area contributed by atoms with Gasteiger partial charge in [-0.25, -0.2) is 9.59 Å². The predicted octanol–water partition coefficient (Wildman–Crippen LogP) is 0.170. The number of nitrogens with zero attached hydrogens (tertiary/aromatic N) is 3. The van der Waals surface area contributed by atoms with E-state index in [0.29, 0.717) is 24.3 Å².